The number of fused-ring (bicyclic) bond motifs is 1. The third-order valence-corrected chi connectivity index (χ3v) is 4.86. The van der Waals surface area contributed by atoms with Gasteiger partial charge in [0.25, 0.3) is 5.91 Å². The normalized spacial score (nSPS) is 10.8. The van der Waals surface area contributed by atoms with E-state index in [9.17, 15) is 4.79 Å². The van der Waals surface area contributed by atoms with Crippen LogP contribution >= 0.6 is 11.6 Å². The fourth-order valence-electron chi connectivity index (χ4n) is 3.12. The molecule has 2 N–H and O–H groups in total. The Labute approximate surface area is 168 Å². The monoisotopic (exact) mass is 390 g/mol. The second-order valence-electron chi connectivity index (χ2n) is 6.57. The standard InChI is InChI=1S/C23H19ClN2O2/c1-15-7-6-9-17(13-15)26-23(27)22-21(18-10-3-5-12-20(18)28-22)25-14-16-8-2-4-11-19(16)24/h2-13,25H,14H2,1H3,(H,26,27). The van der Waals surface area contributed by atoms with Gasteiger partial charge in [-0.25, -0.2) is 0 Å². The Hall–Kier alpha value is -3.24. The molecule has 28 heavy (non-hydrogen) atoms. The van der Waals surface area contributed by atoms with Crippen LogP contribution in [-0.4, -0.2) is 5.91 Å². The van der Waals surface area contributed by atoms with Crippen LogP contribution in [0, 0.1) is 6.92 Å². The lowest BCUT2D eigenvalue weighted by molar-refractivity contribution is 0.0999. The SMILES string of the molecule is Cc1cccc(NC(=O)c2oc3ccccc3c2NCc2ccccc2Cl)c1. The first-order chi connectivity index (χ1) is 13.6. The van der Waals surface area contributed by atoms with Gasteiger partial charge in [-0.2, -0.15) is 0 Å². The molecule has 0 saturated carbocycles. The molecule has 4 nitrogen and oxygen atoms in total. The molecule has 0 aliphatic heterocycles. The van der Waals surface area contributed by atoms with E-state index in [1.165, 1.54) is 0 Å². The van der Waals surface area contributed by atoms with Crippen molar-refractivity contribution in [3.8, 4) is 0 Å². The van der Waals surface area contributed by atoms with Gasteiger partial charge >= 0.3 is 0 Å². The number of furan rings is 1. The Morgan fingerprint density at radius 3 is 2.61 bits per heavy atom. The van der Waals surface area contributed by atoms with Crippen LogP contribution in [0.2, 0.25) is 5.02 Å². The van der Waals surface area contributed by atoms with Crippen molar-refractivity contribution in [1.29, 1.82) is 0 Å². The van der Waals surface area contributed by atoms with Gasteiger partial charge in [-0.05, 0) is 48.4 Å². The van der Waals surface area contributed by atoms with E-state index in [4.69, 9.17) is 16.0 Å². The fraction of sp³-hybridized carbons (Fsp3) is 0.0870. The maximum Gasteiger partial charge on any atom is 0.293 e. The highest BCUT2D eigenvalue weighted by atomic mass is 35.5. The number of rotatable bonds is 5. The number of nitrogens with one attached hydrogen (secondary N) is 2. The summed E-state index contributed by atoms with van der Waals surface area (Å²) in [6.45, 7) is 2.46. The molecular formula is C23H19ClN2O2. The number of anilines is 2. The average molecular weight is 391 g/mol. The summed E-state index contributed by atoms with van der Waals surface area (Å²) in [6, 6.07) is 22.8. The van der Waals surface area contributed by atoms with Crippen molar-refractivity contribution in [2.75, 3.05) is 10.6 Å². The van der Waals surface area contributed by atoms with Crippen LogP contribution in [0.1, 0.15) is 21.7 Å². The first kappa shape index (κ1) is 18.1. The molecule has 0 unspecified atom stereocenters. The number of aryl methyl sites for hydroxylation is 1. The molecule has 4 aromatic rings. The molecule has 0 saturated heterocycles. The number of halogens is 1. The number of amides is 1. The van der Waals surface area contributed by atoms with Gasteiger partial charge in [0.05, 0.1) is 5.69 Å². The van der Waals surface area contributed by atoms with E-state index in [0.717, 1.165) is 22.2 Å². The summed E-state index contributed by atoms with van der Waals surface area (Å²) < 4.78 is 5.87. The summed E-state index contributed by atoms with van der Waals surface area (Å²) in [7, 11) is 0. The molecule has 0 aliphatic rings. The molecule has 1 aromatic heterocycles. The predicted octanol–water partition coefficient (Wildman–Crippen LogP) is 6.26. The van der Waals surface area contributed by atoms with Crippen molar-refractivity contribution in [1.82, 2.24) is 0 Å². The minimum absolute atomic E-state index is 0.245. The van der Waals surface area contributed by atoms with E-state index >= 15 is 0 Å². The first-order valence-corrected chi connectivity index (χ1v) is 9.36. The zero-order chi connectivity index (χ0) is 19.5. The second kappa shape index (κ2) is 7.79. The molecular weight excluding hydrogens is 372 g/mol. The van der Waals surface area contributed by atoms with Crippen LogP contribution in [0.3, 0.4) is 0 Å². The van der Waals surface area contributed by atoms with E-state index in [2.05, 4.69) is 10.6 Å². The minimum atomic E-state index is -0.302. The number of carbonyl (C=O) groups is 1. The Morgan fingerprint density at radius 1 is 1.00 bits per heavy atom. The average Bonchev–Trinajstić information content (AvgIpc) is 3.06. The van der Waals surface area contributed by atoms with Gasteiger partial charge in [-0.3, -0.25) is 4.79 Å². The van der Waals surface area contributed by atoms with Crippen molar-refractivity contribution in [2.45, 2.75) is 13.5 Å². The minimum Gasteiger partial charge on any atom is -0.449 e. The van der Waals surface area contributed by atoms with Crippen LogP contribution in [0.4, 0.5) is 11.4 Å². The van der Waals surface area contributed by atoms with Gasteiger partial charge in [0.1, 0.15) is 5.58 Å². The number of hydrogen-bond donors (Lipinski definition) is 2. The molecule has 5 heteroatoms. The van der Waals surface area contributed by atoms with Crippen molar-refractivity contribution in [3.05, 3.63) is 94.7 Å². The molecule has 1 heterocycles. The lowest BCUT2D eigenvalue weighted by atomic mass is 10.1. The first-order valence-electron chi connectivity index (χ1n) is 8.98. The Morgan fingerprint density at radius 2 is 1.79 bits per heavy atom. The molecule has 0 radical (unpaired) electrons. The summed E-state index contributed by atoms with van der Waals surface area (Å²) in [5, 5.41) is 7.77. The summed E-state index contributed by atoms with van der Waals surface area (Å²) in [4.78, 5) is 12.9. The zero-order valence-electron chi connectivity index (χ0n) is 15.3. The number of carbonyl (C=O) groups excluding carboxylic acids is 1. The molecule has 0 atom stereocenters. The van der Waals surface area contributed by atoms with Gasteiger partial charge in [-0.15, -0.1) is 0 Å². The largest absolute Gasteiger partial charge is 0.449 e. The third kappa shape index (κ3) is 3.73. The second-order valence-corrected chi connectivity index (χ2v) is 6.98. The van der Waals surface area contributed by atoms with E-state index in [-0.39, 0.29) is 11.7 Å². The van der Waals surface area contributed by atoms with Gasteiger partial charge < -0.3 is 15.1 Å². The summed E-state index contributed by atoms with van der Waals surface area (Å²) in [5.41, 5.74) is 4.04. The van der Waals surface area contributed by atoms with Crippen molar-refractivity contribution in [3.63, 3.8) is 0 Å². The Balaban J connectivity index is 1.66. The van der Waals surface area contributed by atoms with E-state index in [0.29, 0.717) is 22.8 Å². The van der Waals surface area contributed by atoms with Crippen LogP contribution in [-0.2, 0) is 6.54 Å². The number of para-hydroxylation sites is 1. The molecule has 140 valence electrons. The fourth-order valence-corrected chi connectivity index (χ4v) is 3.32. The summed E-state index contributed by atoms with van der Waals surface area (Å²) >= 11 is 6.26. The van der Waals surface area contributed by atoms with Crippen LogP contribution in [0.15, 0.2) is 77.2 Å². The number of hydrogen-bond acceptors (Lipinski definition) is 3. The third-order valence-electron chi connectivity index (χ3n) is 4.49. The highest BCUT2D eigenvalue weighted by Gasteiger charge is 2.21. The maximum atomic E-state index is 12.9. The highest BCUT2D eigenvalue weighted by molar-refractivity contribution is 6.31. The molecule has 0 spiro atoms. The van der Waals surface area contributed by atoms with E-state index in [1.807, 2.05) is 79.7 Å². The van der Waals surface area contributed by atoms with Crippen molar-refractivity contribution in [2.24, 2.45) is 0 Å². The highest BCUT2D eigenvalue weighted by Crippen LogP contribution is 2.32. The Kier molecular flexibility index (Phi) is 5.04. The van der Waals surface area contributed by atoms with Gasteiger partial charge in [0.15, 0.2) is 0 Å². The summed E-state index contributed by atoms with van der Waals surface area (Å²) in [5.74, 6) is -0.0572. The molecule has 0 bridgehead atoms. The van der Waals surface area contributed by atoms with Crippen LogP contribution in [0.5, 0.6) is 0 Å². The smallest absolute Gasteiger partial charge is 0.293 e. The predicted molar refractivity (Wildman–Crippen MR) is 114 cm³/mol. The van der Waals surface area contributed by atoms with Crippen molar-refractivity contribution < 1.29 is 9.21 Å². The van der Waals surface area contributed by atoms with Crippen LogP contribution in [0.25, 0.3) is 11.0 Å². The molecule has 1 amide bonds. The topological polar surface area (TPSA) is 54.3 Å². The lowest BCUT2D eigenvalue weighted by Gasteiger charge is -2.09. The quantitative estimate of drug-likeness (QED) is 0.423. The van der Waals surface area contributed by atoms with E-state index < -0.39 is 0 Å². The molecule has 3 aromatic carbocycles. The van der Waals surface area contributed by atoms with Gasteiger partial charge in [0.2, 0.25) is 5.76 Å². The summed E-state index contributed by atoms with van der Waals surface area (Å²) in [6.07, 6.45) is 0. The zero-order valence-corrected chi connectivity index (χ0v) is 16.1. The maximum absolute atomic E-state index is 12.9. The molecule has 0 fully saturated rings. The number of benzene rings is 3. The lowest BCUT2D eigenvalue weighted by Crippen LogP contribution is -2.13. The molecule has 0 aliphatic carbocycles. The Bertz CT molecular complexity index is 1150. The van der Waals surface area contributed by atoms with Gasteiger partial charge in [-0.1, -0.05) is 54.1 Å². The van der Waals surface area contributed by atoms with E-state index in [1.54, 1.807) is 0 Å². The van der Waals surface area contributed by atoms with Crippen LogP contribution < -0.4 is 10.6 Å². The van der Waals surface area contributed by atoms with Gasteiger partial charge in [0, 0.05) is 22.6 Å². The molecule has 4 rings (SSSR count). The van der Waals surface area contributed by atoms with Crippen molar-refractivity contribution >= 4 is 39.9 Å².